The quantitative estimate of drug-likeness (QED) is 0.848. The van der Waals surface area contributed by atoms with Crippen molar-refractivity contribution in [1.29, 1.82) is 0 Å². The zero-order valence-electron chi connectivity index (χ0n) is 11.1. The highest BCUT2D eigenvalue weighted by atomic mass is 16.2. The number of nitrogens with zero attached hydrogens (tertiary/aromatic N) is 3. The molecule has 5 heteroatoms. The van der Waals surface area contributed by atoms with Crippen LogP contribution >= 0.6 is 0 Å². The number of hydrogen-bond donors (Lipinski definition) is 1. The van der Waals surface area contributed by atoms with Crippen LogP contribution in [0.1, 0.15) is 50.4 Å². The summed E-state index contributed by atoms with van der Waals surface area (Å²) in [5, 5.41) is 6.83. The molecule has 1 aromatic rings. The highest BCUT2D eigenvalue weighted by Crippen LogP contribution is 2.30. The van der Waals surface area contributed by atoms with Gasteiger partial charge in [0.1, 0.15) is 12.2 Å². The molecule has 1 N–H and O–H groups in total. The van der Waals surface area contributed by atoms with Crippen LogP contribution in [-0.4, -0.2) is 32.5 Å². The zero-order chi connectivity index (χ0) is 13.1. The molecule has 1 aliphatic heterocycles. The lowest BCUT2D eigenvalue weighted by Gasteiger charge is -2.35. The molecular weight excluding hydrogens is 240 g/mol. The molecule has 19 heavy (non-hydrogen) atoms. The molecule has 0 aromatic carbocycles. The van der Waals surface area contributed by atoms with Gasteiger partial charge in [-0.15, -0.1) is 0 Å². The van der Waals surface area contributed by atoms with Gasteiger partial charge in [-0.2, -0.15) is 5.10 Å². The summed E-state index contributed by atoms with van der Waals surface area (Å²) in [5.41, 5.74) is 0. The van der Waals surface area contributed by atoms with E-state index in [0.29, 0.717) is 12.3 Å². The Morgan fingerprint density at radius 1 is 1.42 bits per heavy atom. The Morgan fingerprint density at radius 3 is 3.11 bits per heavy atom. The molecule has 0 bridgehead atoms. The maximum atomic E-state index is 12.5. The number of nitrogens with one attached hydrogen (secondary N) is 1. The minimum atomic E-state index is 0.0918. The fourth-order valence-corrected chi connectivity index (χ4v) is 3.10. The number of carbonyl (C=O) groups excluding carboxylic acids is 1. The highest BCUT2D eigenvalue weighted by molar-refractivity contribution is 5.77. The second kappa shape index (κ2) is 5.55. The molecule has 1 saturated heterocycles. The molecule has 0 saturated carbocycles. The van der Waals surface area contributed by atoms with E-state index in [1.165, 1.54) is 6.33 Å². The summed E-state index contributed by atoms with van der Waals surface area (Å²) >= 11 is 0. The lowest BCUT2D eigenvalue weighted by Crippen LogP contribution is -2.39. The number of likely N-dealkylation sites (tertiary alicyclic amines) is 1. The van der Waals surface area contributed by atoms with Crippen LogP contribution in [0.3, 0.4) is 0 Å². The Kier molecular flexibility index (Phi) is 3.62. The molecule has 2 aliphatic rings. The minimum Gasteiger partial charge on any atom is -0.332 e. The number of piperidine rings is 1. The number of hydrogen-bond acceptors (Lipinski definition) is 3. The summed E-state index contributed by atoms with van der Waals surface area (Å²) in [7, 11) is 0. The Hall–Kier alpha value is -1.65. The van der Waals surface area contributed by atoms with Crippen LogP contribution in [-0.2, 0) is 4.79 Å². The first-order valence-corrected chi connectivity index (χ1v) is 7.16. The number of allylic oxidation sites excluding steroid dienone is 2. The predicted octanol–water partition coefficient (Wildman–Crippen LogP) is 2.21. The van der Waals surface area contributed by atoms with Crippen LogP contribution in [0.5, 0.6) is 0 Å². The largest absolute Gasteiger partial charge is 0.332 e. The van der Waals surface area contributed by atoms with Crippen molar-refractivity contribution < 1.29 is 4.79 Å². The summed E-state index contributed by atoms with van der Waals surface area (Å²) in [6, 6.07) is 0.0918. The minimum absolute atomic E-state index is 0.0918. The SMILES string of the molecule is O=C(C[C@@H]1C=CCC1)N1CCCC[C@H]1c1ncn[nH]1. The van der Waals surface area contributed by atoms with Crippen LogP contribution in [0, 0.1) is 5.92 Å². The Balaban J connectivity index is 1.69. The summed E-state index contributed by atoms with van der Waals surface area (Å²) in [6.07, 6.45) is 12.0. The van der Waals surface area contributed by atoms with Crippen molar-refractivity contribution in [3.63, 3.8) is 0 Å². The van der Waals surface area contributed by atoms with E-state index in [2.05, 4.69) is 27.3 Å². The number of aromatic amines is 1. The first-order valence-electron chi connectivity index (χ1n) is 7.16. The van der Waals surface area contributed by atoms with Gasteiger partial charge in [0.2, 0.25) is 5.91 Å². The van der Waals surface area contributed by atoms with Crippen molar-refractivity contribution >= 4 is 5.91 Å². The molecule has 1 aliphatic carbocycles. The number of rotatable bonds is 3. The number of amides is 1. The zero-order valence-corrected chi connectivity index (χ0v) is 11.1. The molecule has 3 rings (SSSR count). The van der Waals surface area contributed by atoms with E-state index in [1.807, 2.05) is 4.90 Å². The van der Waals surface area contributed by atoms with Gasteiger partial charge in [-0.3, -0.25) is 9.89 Å². The Morgan fingerprint density at radius 2 is 2.37 bits per heavy atom. The number of carbonyl (C=O) groups is 1. The summed E-state index contributed by atoms with van der Waals surface area (Å²) < 4.78 is 0. The van der Waals surface area contributed by atoms with Crippen LogP contribution in [0.2, 0.25) is 0 Å². The summed E-state index contributed by atoms with van der Waals surface area (Å²) in [5.74, 6) is 1.53. The molecule has 102 valence electrons. The Bertz CT molecular complexity index is 454. The van der Waals surface area contributed by atoms with Gasteiger partial charge in [-0.1, -0.05) is 12.2 Å². The summed E-state index contributed by atoms with van der Waals surface area (Å²) in [4.78, 5) is 18.7. The van der Waals surface area contributed by atoms with E-state index in [0.717, 1.165) is 44.5 Å². The van der Waals surface area contributed by atoms with Crippen molar-refractivity contribution in [2.24, 2.45) is 5.92 Å². The molecule has 0 unspecified atom stereocenters. The van der Waals surface area contributed by atoms with Gasteiger partial charge < -0.3 is 4.90 Å². The second-order valence-corrected chi connectivity index (χ2v) is 5.44. The van der Waals surface area contributed by atoms with E-state index in [1.54, 1.807) is 0 Å². The maximum absolute atomic E-state index is 12.5. The monoisotopic (exact) mass is 260 g/mol. The van der Waals surface area contributed by atoms with Crippen LogP contribution in [0.4, 0.5) is 0 Å². The van der Waals surface area contributed by atoms with Gasteiger partial charge in [0, 0.05) is 13.0 Å². The molecule has 2 atom stereocenters. The molecule has 1 aromatic heterocycles. The third kappa shape index (κ3) is 2.69. The Labute approximate surface area is 113 Å². The third-order valence-electron chi connectivity index (χ3n) is 4.12. The van der Waals surface area contributed by atoms with Crippen molar-refractivity contribution in [1.82, 2.24) is 20.1 Å². The lowest BCUT2D eigenvalue weighted by molar-refractivity contribution is -0.136. The van der Waals surface area contributed by atoms with Gasteiger partial charge in [-0.05, 0) is 38.0 Å². The van der Waals surface area contributed by atoms with E-state index in [9.17, 15) is 4.79 Å². The molecule has 0 spiro atoms. The fourth-order valence-electron chi connectivity index (χ4n) is 3.10. The van der Waals surface area contributed by atoms with E-state index >= 15 is 0 Å². The van der Waals surface area contributed by atoms with Gasteiger partial charge in [0.15, 0.2) is 0 Å². The average Bonchev–Trinajstić information content (AvgIpc) is 3.11. The fraction of sp³-hybridized carbons (Fsp3) is 0.643. The average molecular weight is 260 g/mol. The first-order chi connectivity index (χ1) is 9.34. The van der Waals surface area contributed by atoms with Crippen molar-refractivity contribution in [2.75, 3.05) is 6.54 Å². The van der Waals surface area contributed by atoms with Crippen molar-refractivity contribution in [3.05, 3.63) is 24.3 Å². The molecule has 2 heterocycles. The molecule has 0 radical (unpaired) electrons. The first kappa shape index (κ1) is 12.4. The lowest BCUT2D eigenvalue weighted by atomic mass is 9.98. The maximum Gasteiger partial charge on any atom is 0.223 e. The van der Waals surface area contributed by atoms with Gasteiger partial charge >= 0.3 is 0 Å². The van der Waals surface area contributed by atoms with Gasteiger partial charge in [-0.25, -0.2) is 4.98 Å². The molecular formula is C14H20N4O. The third-order valence-corrected chi connectivity index (χ3v) is 4.12. The highest BCUT2D eigenvalue weighted by Gasteiger charge is 2.30. The van der Waals surface area contributed by atoms with Gasteiger partial charge in [0.05, 0.1) is 6.04 Å². The molecule has 1 fully saturated rings. The van der Waals surface area contributed by atoms with Crippen molar-refractivity contribution in [3.8, 4) is 0 Å². The van der Waals surface area contributed by atoms with E-state index < -0.39 is 0 Å². The normalized spacial score (nSPS) is 26.8. The van der Waals surface area contributed by atoms with Crippen LogP contribution in [0.15, 0.2) is 18.5 Å². The van der Waals surface area contributed by atoms with Crippen molar-refractivity contribution in [2.45, 2.75) is 44.6 Å². The topological polar surface area (TPSA) is 61.9 Å². The van der Waals surface area contributed by atoms with Crippen LogP contribution in [0.25, 0.3) is 0 Å². The number of H-pyrrole nitrogens is 1. The van der Waals surface area contributed by atoms with E-state index in [-0.39, 0.29) is 11.9 Å². The molecule has 5 nitrogen and oxygen atoms in total. The molecule has 1 amide bonds. The van der Waals surface area contributed by atoms with Gasteiger partial charge in [0.25, 0.3) is 0 Å². The predicted molar refractivity (Wildman–Crippen MR) is 71.2 cm³/mol. The smallest absolute Gasteiger partial charge is 0.223 e. The van der Waals surface area contributed by atoms with E-state index in [4.69, 9.17) is 0 Å². The van der Waals surface area contributed by atoms with Crippen LogP contribution < -0.4 is 0 Å². The standard InChI is InChI=1S/C14H20N4O/c19-13(9-11-5-1-2-6-11)18-8-4-3-7-12(18)14-15-10-16-17-14/h1,5,10-12H,2-4,6-9H2,(H,15,16,17)/t11-,12+/m1/s1. The number of aromatic nitrogens is 3. The summed E-state index contributed by atoms with van der Waals surface area (Å²) in [6.45, 7) is 0.848. The second-order valence-electron chi connectivity index (χ2n) is 5.44.